The summed E-state index contributed by atoms with van der Waals surface area (Å²) in [7, 11) is 0. The van der Waals surface area contributed by atoms with E-state index in [9.17, 15) is 14.9 Å². The molecule has 2 atom stereocenters. The number of benzene rings is 1. The van der Waals surface area contributed by atoms with Gasteiger partial charge in [-0.1, -0.05) is 23.2 Å². The van der Waals surface area contributed by atoms with Crippen LogP contribution in [0.15, 0.2) is 24.4 Å². The first-order valence-electron chi connectivity index (χ1n) is 10.9. The number of nitrogens with one attached hydrogen (secondary N) is 2. The Balaban J connectivity index is 1.66. The van der Waals surface area contributed by atoms with E-state index in [1.165, 1.54) is 0 Å². The van der Waals surface area contributed by atoms with Gasteiger partial charge in [-0.2, -0.15) is 4.98 Å². The van der Waals surface area contributed by atoms with Crippen molar-refractivity contribution < 1.29 is 14.5 Å². The maximum atomic E-state index is 12.3. The second kappa shape index (κ2) is 10.6. The number of rotatable bonds is 7. The van der Waals surface area contributed by atoms with Gasteiger partial charge in [-0.05, 0) is 63.8 Å². The summed E-state index contributed by atoms with van der Waals surface area (Å²) in [5, 5.41) is 18.7. The van der Waals surface area contributed by atoms with Gasteiger partial charge in [-0.3, -0.25) is 10.1 Å². The molecule has 184 valence electrons. The summed E-state index contributed by atoms with van der Waals surface area (Å²) in [6, 6.07) is 4.64. The summed E-state index contributed by atoms with van der Waals surface area (Å²) < 4.78 is 5.43. The number of hydrogen-bond acceptors (Lipinski definition) is 8. The number of anilines is 2. The maximum Gasteiger partial charge on any atom is 0.410 e. The van der Waals surface area contributed by atoms with Gasteiger partial charge < -0.3 is 20.3 Å². The zero-order valence-electron chi connectivity index (χ0n) is 19.5. The Morgan fingerprint density at radius 2 is 2.12 bits per heavy atom. The zero-order valence-corrected chi connectivity index (χ0v) is 21.0. The molecule has 1 aromatic heterocycles. The van der Waals surface area contributed by atoms with Crippen LogP contribution in [-0.2, 0) is 4.74 Å². The summed E-state index contributed by atoms with van der Waals surface area (Å²) in [4.78, 5) is 33.3. The Morgan fingerprint density at radius 1 is 1.38 bits per heavy atom. The predicted octanol–water partition coefficient (Wildman–Crippen LogP) is 5.53. The molecular formula is C22H28Cl2N6O4. The molecule has 0 radical (unpaired) electrons. The highest BCUT2D eigenvalue weighted by atomic mass is 35.5. The largest absolute Gasteiger partial charge is 0.444 e. The van der Waals surface area contributed by atoms with Gasteiger partial charge in [0, 0.05) is 29.7 Å². The highest BCUT2D eigenvalue weighted by Gasteiger charge is 2.30. The molecule has 2 aromatic rings. The summed E-state index contributed by atoms with van der Waals surface area (Å²) in [5.74, 6) is 0.480. The third-order valence-electron chi connectivity index (χ3n) is 5.23. The first-order chi connectivity index (χ1) is 15.9. The molecular weight excluding hydrogens is 483 g/mol. The van der Waals surface area contributed by atoms with Crippen molar-refractivity contribution in [3.05, 3.63) is 50.1 Å². The number of ether oxygens (including phenoxy) is 1. The van der Waals surface area contributed by atoms with Crippen LogP contribution in [-0.4, -0.2) is 51.1 Å². The molecule has 0 aliphatic carbocycles. The van der Waals surface area contributed by atoms with Gasteiger partial charge in [0.2, 0.25) is 11.8 Å². The first-order valence-corrected chi connectivity index (χ1v) is 11.6. The van der Waals surface area contributed by atoms with E-state index in [0.717, 1.165) is 12.6 Å². The van der Waals surface area contributed by atoms with Gasteiger partial charge in [0.25, 0.3) is 0 Å². The molecule has 1 fully saturated rings. The quantitative estimate of drug-likeness (QED) is 0.367. The van der Waals surface area contributed by atoms with Crippen molar-refractivity contribution in [2.24, 2.45) is 5.92 Å². The molecule has 1 aliphatic rings. The molecule has 0 bridgehead atoms. The van der Waals surface area contributed by atoms with Crippen molar-refractivity contribution in [3.63, 3.8) is 0 Å². The molecule has 0 spiro atoms. The van der Waals surface area contributed by atoms with Crippen molar-refractivity contribution >= 4 is 46.7 Å². The number of nitrogens with zero attached hydrogens (tertiary/aromatic N) is 4. The van der Waals surface area contributed by atoms with Crippen LogP contribution in [0.4, 0.5) is 22.2 Å². The Labute approximate surface area is 208 Å². The lowest BCUT2D eigenvalue weighted by Crippen LogP contribution is -2.35. The van der Waals surface area contributed by atoms with Gasteiger partial charge >= 0.3 is 11.8 Å². The molecule has 2 N–H and O–H groups in total. The number of aromatic nitrogens is 2. The van der Waals surface area contributed by atoms with Crippen LogP contribution >= 0.6 is 23.2 Å². The average Bonchev–Trinajstić information content (AvgIpc) is 3.22. The summed E-state index contributed by atoms with van der Waals surface area (Å²) in [6.45, 7) is 8.96. The first kappa shape index (κ1) is 25.8. The lowest BCUT2D eigenvalue weighted by atomic mass is 10.1. The number of hydrogen-bond donors (Lipinski definition) is 2. The highest BCUT2D eigenvalue weighted by Crippen LogP contribution is 2.31. The van der Waals surface area contributed by atoms with Crippen LogP contribution < -0.4 is 10.6 Å². The van der Waals surface area contributed by atoms with E-state index in [2.05, 4.69) is 20.6 Å². The molecule has 0 unspecified atom stereocenters. The normalized spacial score (nSPS) is 16.8. The number of nitro groups is 1. The van der Waals surface area contributed by atoms with E-state index >= 15 is 0 Å². The fourth-order valence-electron chi connectivity index (χ4n) is 3.56. The van der Waals surface area contributed by atoms with E-state index < -0.39 is 16.6 Å². The van der Waals surface area contributed by atoms with E-state index in [1.807, 2.05) is 20.8 Å². The molecule has 1 amide bonds. The minimum absolute atomic E-state index is 0.0628. The predicted molar refractivity (Wildman–Crippen MR) is 132 cm³/mol. The average molecular weight is 511 g/mol. The number of halogens is 2. The fraction of sp³-hybridized carbons (Fsp3) is 0.500. The number of amides is 1. The summed E-state index contributed by atoms with van der Waals surface area (Å²) in [5.41, 5.74) is -0.118. The van der Waals surface area contributed by atoms with Crippen molar-refractivity contribution in [2.45, 2.75) is 45.8 Å². The molecule has 10 nitrogen and oxygen atoms in total. The minimum Gasteiger partial charge on any atom is -0.444 e. The molecule has 34 heavy (non-hydrogen) atoms. The van der Waals surface area contributed by atoms with Crippen molar-refractivity contribution in [1.82, 2.24) is 14.9 Å². The van der Waals surface area contributed by atoms with Gasteiger partial charge in [0.05, 0.1) is 11.0 Å². The third-order valence-corrected chi connectivity index (χ3v) is 5.81. The molecule has 1 aromatic carbocycles. The Bertz CT molecular complexity index is 1060. The zero-order chi connectivity index (χ0) is 25.0. The summed E-state index contributed by atoms with van der Waals surface area (Å²) in [6.07, 6.45) is 1.63. The molecule has 1 aliphatic heterocycles. The lowest BCUT2D eigenvalue weighted by Gasteiger charge is -2.24. The third kappa shape index (κ3) is 6.83. The van der Waals surface area contributed by atoms with Crippen LogP contribution in [0.25, 0.3) is 0 Å². The van der Waals surface area contributed by atoms with Gasteiger partial charge in [0.1, 0.15) is 11.8 Å². The van der Waals surface area contributed by atoms with Crippen LogP contribution in [0.2, 0.25) is 10.0 Å². The SMILES string of the molecule is C[C@@H](Nc1nc(NC[C@@H]2CCN(C(=O)OC(C)(C)C)C2)ncc1[N+](=O)[O-])c1cc(Cl)ccc1Cl. The Kier molecular flexibility index (Phi) is 8.04. The van der Waals surface area contributed by atoms with Crippen LogP contribution in [0, 0.1) is 16.0 Å². The second-order valence-electron chi connectivity index (χ2n) is 9.18. The van der Waals surface area contributed by atoms with Crippen molar-refractivity contribution in [1.29, 1.82) is 0 Å². The molecule has 3 rings (SSSR count). The van der Waals surface area contributed by atoms with Crippen molar-refractivity contribution in [2.75, 3.05) is 30.3 Å². The molecule has 1 saturated heterocycles. The van der Waals surface area contributed by atoms with Crippen LogP contribution in [0.5, 0.6) is 0 Å². The monoisotopic (exact) mass is 510 g/mol. The number of carbonyl (C=O) groups excluding carboxylic acids is 1. The standard InChI is InChI=1S/C22H28Cl2N6O4/c1-13(16-9-15(23)5-6-17(16)24)27-19-18(30(32)33)11-26-20(28-19)25-10-14-7-8-29(12-14)21(31)34-22(2,3)4/h5-6,9,11,13-14H,7-8,10,12H2,1-4H3,(H2,25,26,27,28)/t13-,14+/m1/s1. The van der Waals surface area contributed by atoms with Crippen molar-refractivity contribution in [3.8, 4) is 0 Å². The maximum absolute atomic E-state index is 12.3. The summed E-state index contributed by atoms with van der Waals surface area (Å²) >= 11 is 12.3. The van der Waals surface area contributed by atoms with Gasteiger partial charge in [-0.25, -0.2) is 9.78 Å². The minimum atomic E-state index is -0.548. The van der Waals surface area contributed by atoms with E-state index in [-0.39, 0.29) is 29.5 Å². The lowest BCUT2D eigenvalue weighted by molar-refractivity contribution is -0.384. The van der Waals surface area contributed by atoms with Crippen LogP contribution in [0.1, 0.15) is 45.7 Å². The molecule has 0 saturated carbocycles. The van der Waals surface area contributed by atoms with Gasteiger partial charge in [0.15, 0.2) is 0 Å². The number of likely N-dealkylation sites (tertiary alicyclic amines) is 1. The number of carbonyl (C=O) groups is 1. The Hall–Kier alpha value is -2.85. The highest BCUT2D eigenvalue weighted by molar-refractivity contribution is 6.33. The fourth-order valence-corrected chi connectivity index (χ4v) is 4.02. The topological polar surface area (TPSA) is 123 Å². The smallest absolute Gasteiger partial charge is 0.410 e. The second-order valence-corrected chi connectivity index (χ2v) is 10.0. The van der Waals surface area contributed by atoms with Crippen LogP contribution in [0.3, 0.4) is 0 Å². The molecule has 12 heteroatoms. The molecule has 2 heterocycles. The van der Waals surface area contributed by atoms with E-state index in [1.54, 1.807) is 30.0 Å². The van der Waals surface area contributed by atoms with E-state index in [0.29, 0.717) is 35.2 Å². The van der Waals surface area contributed by atoms with E-state index in [4.69, 9.17) is 27.9 Å². The Morgan fingerprint density at radius 3 is 2.79 bits per heavy atom. The van der Waals surface area contributed by atoms with Gasteiger partial charge in [-0.15, -0.1) is 0 Å².